The molecule has 0 bridgehead atoms. The second-order valence-corrected chi connectivity index (χ2v) is 6.78. The van der Waals surface area contributed by atoms with Crippen LogP contribution in [0.3, 0.4) is 0 Å². The van der Waals surface area contributed by atoms with Gasteiger partial charge in [-0.1, -0.05) is 12.1 Å². The smallest absolute Gasteiger partial charge is 0.254 e. The van der Waals surface area contributed by atoms with Gasteiger partial charge in [-0.25, -0.2) is 13.2 Å². The van der Waals surface area contributed by atoms with Crippen LogP contribution in [0.5, 0.6) is 0 Å². The molecular weight excluding hydrogens is 369 g/mol. The zero-order chi connectivity index (χ0) is 20.1. The summed E-state index contributed by atoms with van der Waals surface area (Å²) < 4.78 is 39.6. The van der Waals surface area contributed by atoms with Crippen molar-refractivity contribution in [2.24, 2.45) is 0 Å². The Morgan fingerprint density at radius 3 is 2.46 bits per heavy atom. The number of rotatable bonds is 6. The molecule has 0 radical (unpaired) electrons. The maximum atomic E-state index is 13.6. The summed E-state index contributed by atoms with van der Waals surface area (Å²) in [5, 5.41) is 2.54. The lowest BCUT2D eigenvalue weighted by Crippen LogP contribution is -2.31. The minimum atomic E-state index is -0.923. The molecule has 1 aliphatic rings. The van der Waals surface area contributed by atoms with Crippen LogP contribution in [0.25, 0.3) is 0 Å². The number of likely N-dealkylation sites (tertiary alicyclic amines) is 1. The van der Waals surface area contributed by atoms with Gasteiger partial charge in [0.15, 0.2) is 0 Å². The zero-order valence-electron chi connectivity index (χ0n) is 15.3. The van der Waals surface area contributed by atoms with Crippen LogP contribution < -0.4 is 5.32 Å². The Morgan fingerprint density at radius 2 is 1.75 bits per heavy atom. The fraction of sp³-hybridized carbons (Fsp3) is 0.333. The number of carbonyl (C=O) groups is 2. The Labute approximate surface area is 161 Å². The molecule has 1 unspecified atom stereocenters. The zero-order valence-corrected chi connectivity index (χ0v) is 15.3. The van der Waals surface area contributed by atoms with E-state index in [1.54, 1.807) is 17.0 Å². The summed E-state index contributed by atoms with van der Waals surface area (Å²) in [7, 11) is 0. The third-order valence-electron chi connectivity index (χ3n) is 4.86. The maximum absolute atomic E-state index is 13.6. The van der Waals surface area contributed by atoms with Gasteiger partial charge in [-0.3, -0.25) is 9.59 Å². The van der Waals surface area contributed by atoms with Crippen LogP contribution in [-0.4, -0.2) is 29.8 Å². The van der Waals surface area contributed by atoms with E-state index in [2.05, 4.69) is 5.32 Å². The summed E-state index contributed by atoms with van der Waals surface area (Å²) in [5.74, 6) is -2.66. The topological polar surface area (TPSA) is 49.4 Å². The lowest BCUT2D eigenvalue weighted by atomic mass is 10.0. The number of nitrogens with one attached hydrogen (secondary N) is 1. The van der Waals surface area contributed by atoms with Crippen LogP contribution >= 0.6 is 0 Å². The number of hydrogen-bond donors (Lipinski definition) is 1. The summed E-state index contributed by atoms with van der Waals surface area (Å²) in [4.78, 5) is 26.3. The normalized spacial score (nSPS) is 16.2. The average molecular weight is 390 g/mol. The van der Waals surface area contributed by atoms with Crippen LogP contribution in [0.15, 0.2) is 42.5 Å². The van der Waals surface area contributed by atoms with E-state index < -0.39 is 17.5 Å². The average Bonchev–Trinajstić information content (AvgIpc) is 3.15. The number of halogens is 3. The standard InChI is InChI=1S/C21H21F3N2O2/c22-15-7-5-14(6-8-15)19-3-2-12-26(19)20(27)4-1-11-25-21(28)17-10-9-16(23)13-18(17)24/h5-10,13,19H,1-4,11-12H2,(H,25,28). The third kappa shape index (κ3) is 4.71. The van der Waals surface area contributed by atoms with Gasteiger partial charge in [0.1, 0.15) is 17.5 Å². The first-order valence-electron chi connectivity index (χ1n) is 9.24. The van der Waals surface area contributed by atoms with Crippen molar-refractivity contribution in [3.8, 4) is 0 Å². The molecule has 1 atom stereocenters. The molecule has 1 heterocycles. The van der Waals surface area contributed by atoms with Crippen molar-refractivity contribution in [1.82, 2.24) is 10.2 Å². The third-order valence-corrected chi connectivity index (χ3v) is 4.86. The molecule has 0 aromatic heterocycles. The largest absolute Gasteiger partial charge is 0.352 e. The molecule has 0 spiro atoms. The van der Waals surface area contributed by atoms with Gasteiger partial charge in [0.25, 0.3) is 5.91 Å². The van der Waals surface area contributed by atoms with Crippen LogP contribution in [-0.2, 0) is 4.79 Å². The minimum absolute atomic E-state index is 0.0333. The van der Waals surface area contributed by atoms with Crippen molar-refractivity contribution in [2.45, 2.75) is 31.7 Å². The molecule has 0 saturated carbocycles. The number of nitrogens with zero attached hydrogens (tertiary/aromatic N) is 1. The van der Waals surface area contributed by atoms with Gasteiger partial charge in [-0.2, -0.15) is 0 Å². The minimum Gasteiger partial charge on any atom is -0.352 e. The van der Waals surface area contributed by atoms with E-state index in [1.165, 1.54) is 12.1 Å². The van der Waals surface area contributed by atoms with Crippen LogP contribution in [0, 0.1) is 17.5 Å². The molecule has 1 saturated heterocycles. The SMILES string of the molecule is O=C(NCCCC(=O)N1CCCC1c1ccc(F)cc1)c1ccc(F)cc1F. The van der Waals surface area contributed by atoms with Crippen molar-refractivity contribution >= 4 is 11.8 Å². The molecule has 3 rings (SSSR count). The maximum Gasteiger partial charge on any atom is 0.254 e. The van der Waals surface area contributed by atoms with Crippen LogP contribution in [0.4, 0.5) is 13.2 Å². The van der Waals surface area contributed by atoms with Crippen LogP contribution in [0.1, 0.15) is 47.6 Å². The summed E-state index contributed by atoms with van der Waals surface area (Å²) in [6.07, 6.45) is 2.36. The second kappa shape index (κ2) is 8.91. The molecule has 1 fully saturated rings. The monoisotopic (exact) mass is 390 g/mol. The first-order valence-corrected chi connectivity index (χ1v) is 9.24. The Balaban J connectivity index is 1.48. The van der Waals surface area contributed by atoms with E-state index in [4.69, 9.17) is 0 Å². The van der Waals surface area contributed by atoms with Gasteiger partial charge < -0.3 is 10.2 Å². The van der Waals surface area contributed by atoms with Gasteiger partial charge in [-0.15, -0.1) is 0 Å². The Kier molecular flexibility index (Phi) is 6.34. The highest BCUT2D eigenvalue weighted by atomic mass is 19.1. The molecule has 148 valence electrons. The predicted molar refractivity (Wildman–Crippen MR) is 98.0 cm³/mol. The summed E-state index contributed by atoms with van der Waals surface area (Å²) in [6.45, 7) is 0.852. The second-order valence-electron chi connectivity index (χ2n) is 6.78. The Bertz CT molecular complexity index is 855. The van der Waals surface area contributed by atoms with Crippen molar-refractivity contribution in [3.63, 3.8) is 0 Å². The molecule has 0 aliphatic carbocycles. The van der Waals surface area contributed by atoms with Gasteiger partial charge >= 0.3 is 0 Å². The van der Waals surface area contributed by atoms with E-state index in [0.29, 0.717) is 19.0 Å². The van der Waals surface area contributed by atoms with Gasteiger partial charge in [-0.05, 0) is 49.1 Å². The molecule has 1 aliphatic heterocycles. The highest BCUT2D eigenvalue weighted by Crippen LogP contribution is 2.32. The Morgan fingerprint density at radius 1 is 1.04 bits per heavy atom. The molecule has 1 N–H and O–H groups in total. The molecule has 2 amide bonds. The van der Waals surface area contributed by atoms with Crippen molar-refractivity contribution in [3.05, 3.63) is 71.0 Å². The summed E-state index contributed by atoms with van der Waals surface area (Å²) in [5.41, 5.74) is 0.677. The van der Waals surface area contributed by atoms with E-state index >= 15 is 0 Å². The molecule has 2 aromatic carbocycles. The lowest BCUT2D eigenvalue weighted by molar-refractivity contribution is -0.132. The highest BCUT2D eigenvalue weighted by molar-refractivity contribution is 5.94. The van der Waals surface area contributed by atoms with Gasteiger partial charge in [0.2, 0.25) is 5.91 Å². The van der Waals surface area contributed by atoms with Gasteiger partial charge in [0.05, 0.1) is 11.6 Å². The molecular formula is C21H21F3N2O2. The quantitative estimate of drug-likeness (QED) is 0.759. The Hall–Kier alpha value is -2.83. The first kappa shape index (κ1) is 19.9. The lowest BCUT2D eigenvalue weighted by Gasteiger charge is -2.25. The fourth-order valence-corrected chi connectivity index (χ4v) is 3.45. The fourth-order valence-electron chi connectivity index (χ4n) is 3.45. The number of amides is 2. The van der Waals surface area contributed by atoms with Crippen molar-refractivity contribution < 1.29 is 22.8 Å². The number of hydrogen-bond acceptors (Lipinski definition) is 2. The first-order chi connectivity index (χ1) is 13.5. The molecule has 4 nitrogen and oxygen atoms in total. The number of benzene rings is 2. The summed E-state index contributed by atoms with van der Waals surface area (Å²) >= 11 is 0. The summed E-state index contributed by atoms with van der Waals surface area (Å²) in [6, 6.07) is 8.87. The van der Waals surface area contributed by atoms with Crippen molar-refractivity contribution in [1.29, 1.82) is 0 Å². The van der Waals surface area contributed by atoms with E-state index in [0.717, 1.165) is 30.5 Å². The van der Waals surface area contributed by atoms with Gasteiger partial charge in [0, 0.05) is 25.6 Å². The molecule has 28 heavy (non-hydrogen) atoms. The number of carbonyl (C=O) groups excluding carboxylic acids is 2. The van der Waals surface area contributed by atoms with E-state index in [1.807, 2.05) is 0 Å². The van der Waals surface area contributed by atoms with E-state index in [9.17, 15) is 22.8 Å². The predicted octanol–water partition coefficient (Wildman–Crippen LogP) is 3.98. The highest BCUT2D eigenvalue weighted by Gasteiger charge is 2.29. The molecule has 7 heteroatoms. The van der Waals surface area contributed by atoms with Crippen molar-refractivity contribution in [2.75, 3.05) is 13.1 Å². The van der Waals surface area contributed by atoms with Crippen LogP contribution in [0.2, 0.25) is 0 Å². The van der Waals surface area contributed by atoms with E-state index in [-0.39, 0.29) is 36.3 Å². The molecule has 2 aromatic rings.